The van der Waals surface area contributed by atoms with Crippen LogP contribution < -0.4 is 0 Å². The largest absolute Gasteiger partial charge is 0.478 e. The normalized spacial score (nSPS) is 19.2. The SMILES string of the molecule is Cc1noc(CN2CCCC(c3cccc(C(=O)O)c3)C2)n1. The van der Waals surface area contributed by atoms with Crippen LogP contribution in [0.5, 0.6) is 0 Å². The van der Waals surface area contributed by atoms with Gasteiger partial charge in [-0.2, -0.15) is 4.98 Å². The number of likely N-dealkylation sites (tertiary alicyclic amines) is 1. The maximum absolute atomic E-state index is 11.1. The molecule has 1 saturated heterocycles. The van der Waals surface area contributed by atoms with Gasteiger partial charge in [-0.3, -0.25) is 4.90 Å². The molecule has 6 nitrogen and oxygen atoms in total. The zero-order valence-electron chi connectivity index (χ0n) is 12.5. The highest BCUT2D eigenvalue weighted by Gasteiger charge is 2.23. The monoisotopic (exact) mass is 301 g/mol. The van der Waals surface area contributed by atoms with Gasteiger partial charge in [-0.1, -0.05) is 17.3 Å². The molecule has 6 heteroatoms. The summed E-state index contributed by atoms with van der Waals surface area (Å²) in [6.07, 6.45) is 2.15. The number of hydrogen-bond donors (Lipinski definition) is 1. The Bertz CT molecular complexity index is 668. The third-order valence-corrected chi connectivity index (χ3v) is 4.04. The van der Waals surface area contributed by atoms with Crippen molar-refractivity contribution in [1.82, 2.24) is 15.0 Å². The fourth-order valence-corrected chi connectivity index (χ4v) is 2.99. The molecule has 1 fully saturated rings. The zero-order valence-corrected chi connectivity index (χ0v) is 12.5. The van der Waals surface area contributed by atoms with Gasteiger partial charge in [0.25, 0.3) is 0 Å². The van der Waals surface area contributed by atoms with Gasteiger partial charge >= 0.3 is 5.97 Å². The van der Waals surface area contributed by atoms with Crippen LogP contribution in [-0.2, 0) is 6.54 Å². The minimum absolute atomic E-state index is 0.345. The number of piperidine rings is 1. The van der Waals surface area contributed by atoms with E-state index in [4.69, 9.17) is 9.63 Å². The lowest BCUT2D eigenvalue weighted by Gasteiger charge is -2.32. The summed E-state index contributed by atoms with van der Waals surface area (Å²) in [5.41, 5.74) is 1.44. The van der Waals surface area contributed by atoms with Crippen LogP contribution in [0, 0.1) is 6.92 Å². The third-order valence-electron chi connectivity index (χ3n) is 4.04. The number of aryl methyl sites for hydroxylation is 1. The van der Waals surface area contributed by atoms with Crippen LogP contribution in [0.3, 0.4) is 0 Å². The van der Waals surface area contributed by atoms with Crippen molar-refractivity contribution in [2.24, 2.45) is 0 Å². The molecular formula is C16H19N3O3. The average molecular weight is 301 g/mol. The minimum Gasteiger partial charge on any atom is -0.478 e. The van der Waals surface area contributed by atoms with Crippen LogP contribution in [0.2, 0.25) is 0 Å². The number of rotatable bonds is 4. The van der Waals surface area contributed by atoms with E-state index in [0.29, 0.717) is 29.7 Å². The lowest BCUT2D eigenvalue weighted by molar-refractivity contribution is 0.0696. The smallest absolute Gasteiger partial charge is 0.335 e. The van der Waals surface area contributed by atoms with Crippen molar-refractivity contribution >= 4 is 5.97 Å². The summed E-state index contributed by atoms with van der Waals surface area (Å²) in [4.78, 5) is 17.6. The fourth-order valence-electron chi connectivity index (χ4n) is 2.99. The van der Waals surface area contributed by atoms with E-state index in [2.05, 4.69) is 15.0 Å². The molecule has 2 heterocycles. The first-order chi connectivity index (χ1) is 10.6. The first kappa shape index (κ1) is 14.7. The molecule has 1 aromatic heterocycles. The highest BCUT2D eigenvalue weighted by molar-refractivity contribution is 5.87. The molecule has 0 radical (unpaired) electrons. The topological polar surface area (TPSA) is 79.5 Å². The van der Waals surface area contributed by atoms with Crippen LogP contribution in [-0.4, -0.2) is 39.2 Å². The van der Waals surface area contributed by atoms with Gasteiger partial charge in [0.2, 0.25) is 5.89 Å². The van der Waals surface area contributed by atoms with Gasteiger partial charge in [0.1, 0.15) is 0 Å². The highest BCUT2D eigenvalue weighted by atomic mass is 16.5. The number of carboxylic acid groups (broad SMARTS) is 1. The molecule has 0 amide bonds. The fraction of sp³-hybridized carbons (Fsp3) is 0.438. The van der Waals surface area contributed by atoms with E-state index in [0.717, 1.165) is 31.5 Å². The summed E-state index contributed by atoms with van der Waals surface area (Å²) in [6, 6.07) is 7.25. The summed E-state index contributed by atoms with van der Waals surface area (Å²) >= 11 is 0. The third kappa shape index (κ3) is 3.33. The lowest BCUT2D eigenvalue weighted by Crippen LogP contribution is -2.34. The van der Waals surface area contributed by atoms with Gasteiger partial charge < -0.3 is 9.63 Å². The van der Waals surface area contributed by atoms with E-state index in [-0.39, 0.29) is 0 Å². The number of carboxylic acids is 1. The van der Waals surface area contributed by atoms with Crippen molar-refractivity contribution in [3.8, 4) is 0 Å². The van der Waals surface area contributed by atoms with Gasteiger partial charge in [-0.25, -0.2) is 4.79 Å². The maximum Gasteiger partial charge on any atom is 0.335 e. The second kappa shape index (κ2) is 6.27. The Kier molecular flexibility index (Phi) is 4.20. The van der Waals surface area contributed by atoms with Crippen molar-refractivity contribution in [3.63, 3.8) is 0 Å². The second-order valence-electron chi connectivity index (χ2n) is 5.74. The molecule has 1 aliphatic heterocycles. The molecule has 0 bridgehead atoms. The molecule has 0 spiro atoms. The van der Waals surface area contributed by atoms with Crippen molar-refractivity contribution in [2.75, 3.05) is 13.1 Å². The second-order valence-corrected chi connectivity index (χ2v) is 5.74. The minimum atomic E-state index is -0.879. The molecule has 22 heavy (non-hydrogen) atoms. The summed E-state index contributed by atoms with van der Waals surface area (Å²) in [6.45, 7) is 4.33. The van der Waals surface area contributed by atoms with E-state index < -0.39 is 5.97 Å². The lowest BCUT2D eigenvalue weighted by atomic mass is 9.89. The summed E-state index contributed by atoms with van der Waals surface area (Å²) in [7, 11) is 0. The van der Waals surface area contributed by atoms with E-state index in [1.54, 1.807) is 12.1 Å². The van der Waals surface area contributed by atoms with Crippen molar-refractivity contribution < 1.29 is 14.4 Å². The van der Waals surface area contributed by atoms with Crippen LogP contribution in [0.4, 0.5) is 0 Å². The number of nitrogens with zero attached hydrogens (tertiary/aromatic N) is 3. The molecule has 1 unspecified atom stereocenters. The highest BCUT2D eigenvalue weighted by Crippen LogP contribution is 2.28. The first-order valence-electron chi connectivity index (χ1n) is 7.46. The molecule has 1 aliphatic rings. The Labute approximate surface area is 128 Å². The number of benzene rings is 1. The molecular weight excluding hydrogens is 282 g/mol. The summed E-state index contributed by atoms with van der Waals surface area (Å²) in [5, 5.41) is 12.9. The molecule has 1 N–H and O–H groups in total. The summed E-state index contributed by atoms with van der Waals surface area (Å²) < 4.78 is 5.18. The van der Waals surface area contributed by atoms with E-state index in [9.17, 15) is 4.79 Å². The van der Waals surface area contributed by atoms with Gasteiger partial charge in [-0.05, 0) is 49.9 Å². The van der Waals surface area contributed by atoms with Crippen molar-refractivity contribution in [3.05, 3.63) is 47.1 Å². The number of aromatic nitrogens is 2. The number of hydrogen-bond acceptors (Lipinski definition) is 5. The Morgan fingerprint density at radius 1 is 1.50 bits per heavy atom. The Morgan fingerprint density at radius 2 is 2.36 bits per heavy atom. The number of aromatic carboxylic acids is 1. The predicted octanol–water partition coefficient (Wildman–Crippen LogP) is 2.46. The Balaban J connectivity index is 1.70. The molecule has 3 rings (SSSR count). The van der Waals surface area contributed by atoms with Gasteiger partial charge in [0.15, 0.2) is 5.82 Å². The Hall–Kier alpha value is -2.21. The van der Waals surface area contributed by atoms with Crippen LogP contribution in [0.25, 0.3) is 0 Å². The molecule has 116 valence electrons. The average Bonchev–Trinajstić information content (AvgIpc) is 2.93. The molecule has 1 aromatic carbocycles. The van der Waals surface area contributed by atoms with Crippen LogP contribution >= 0.6 is 0 Å². The van der Waals surface area contributed by atoms with E-state index >= 15 is 0 Å². The molecule has 0 aliphatic carbocycles. The maximum atomic E-state index is 11.1. The molecule has 0 saturated carbocycles. The van der Waals surface area contributed by atoms with Gasteiger partial charge in [0, 0.05) is 6.54 Å². The number of carbonyl (C=O) groups is 1. The molecule has 1 atom stereocenters. The van der Waals surface area contributed by atoms with Gasteiger partial charge in [-0.15, -0.1) is 0 Å². The van der Waals surface area contributed by atoms with Crippen LogP contribution in [0.15, 0.2) is 28.8 Å². The first-order valence-corrected chi connectivity index (χ1v) is 7.46. The van der Waals surface area contributed by atoms with E-state index in [1.165, 1.54) is 0 Å². The van der Waals surface area contributed by atoms with Gasteiger partial charge in [0.05, 0.1) is 12.1 Å². The van der Waals surface area contributed by atoms with Crippen molar-refractivity contribution in [2.45, 2.75) is 32.2 Å². The molecule has 2 aromatic rings. The van der Waals surface area contributed by atoms with Crippen LogP contribution in [0.1, 0.15) is 46.4 Å². The quantitative estimate of drug-likeness (QED) is 0.934. The van der Waals surface area contributed by atoms with E-state index in [1.807, 2.05) is 19.1 Å². The Morgan fingerprint density at radius 3 is 3.09 bits per heavy atom. The van der Waals surface area contributed by atoms with Crippen molar-refractivity contribution in [1.29, 1.82) is 0 Å². The summed E-state index contributed by atoms with van der Waals surface area (Å²) in [5.74, 6) is 0.753. The standard InChI is InChI=1S/C16H19N3O3/c1-11-17-15(22-18-11)10-19-7-3-6-14(9-19)12-4-2-5-13(8-12)16(20)21/h2,4-5,8,14H,3,6-7,9-10H2,1H3,(H,20,21). The zero-order chi connectivity index (χ0) is 15.5. The predicted molar refractivity (Wildman–Crippen MR) is 79.7 cm³/mol.